The molecule has 1 aliphatic heterocycles. The maximum atomic E-state index is 6.40. The molecule has 1 heterocycles. The predicted molar refractivity (Wildman–Crippen MR) is 169 cm³/mol. The standard InChI is InChI=1S/C37H30OSi/c1-39(2,3)29-15-9-23(10-16-29)27-13-19-34-32(21-27)33-22-28(14-20-35(33)38-34)30-17-11-26-8-7-24-5-4-6-25-12-18-31(30)37(26)36(24)25/h4-22,33,35H,1-3H3. The molecule has 0 fully saturated rings. The van der Waals surface area contributed by atoms with E-state index in [1.54, 1.807) is 0 Å². The lowest BCUT2D eigenvalue weighted by Gasteiger charge is -2.21. The third-order valence-corrected chi connectivity index (χ3v) is 10.8. The highest BCUT2D eigenvalue weighted by Gasteiger charge is 2.34. The molecule has 8 rings (SSSR count). The van der Waals surface area contributed by atoms with Crippen molar-refractivity contribution in [3.63, 3.8) is 0 Å². The van der Waals surface area contributed by atoms with Crippen molar-refractivity contribution in [2.24, 2.45) is 0 Å². The fourth-order valence-electron chi connectivity index (χ4n) is 6.61. The summed E-state index contributed by atoms with van der Waals surface area (Å²) in [6.45, 7) is 7.20. The van der Waals surface area contributed by atoms with E-state index in [-0.39, 0.29) is 12.0 Å². The zero-order chi connectivity index (χ0) is 26.3. The van der Waals surface area contributed by atoms with Crippen molar-refractivity contribution in [2.45, 2.75) is 31.7 Å². The van der Waals surface area contributed by atoms with Gasteiger partial charge in [-0.15, -0.1) is 0 Å². The van der Waals surface area contributed by atoms with Crippen molar-refractivity contribution in [1.29, 1.82) is 0 Å². The number of hydrogen-bond donors (Lipinski definition) is 0. The van der Waals surface area contributed by atoms with E-state index in [1.807, 2.05) is 0 Å². The van der Waals surface area contributed by atoms with Gasteiger partial charge in [0.25, 0.3) is 0 Å². The van der Waals surface area contributed by atoms with Crippen LogP contribution >= 0.6 is 0 Å². The maximum Gasteiger partial charge on any atom is 0.128 e. The van der Waals surface area contributed by atoms with Crippen LogP contribution in [0.5, 0.6) is 5.75 Å². The van der Waals surface area contributed by atoms with Crippen molar-refractivity contribution in [2.75, 3.05) is 0 Å². The van der Waals surface area contributed by atoms with Gasteiger partial charge in [0.15, 0.2) is 0 Å². The second kappa shape index (κ2) is 8.18. The largest absolute Gasteiger partial charge is 0.485 e. The zero-order valence-electron chi connectivity index (χ0n) is 22.5. The van der Waals surface area contributed by atoms with Gasteiger partial charge in [0.05, 0.1) is 8.07 Å². The molecule has 0 saturated heterocycles. The van der Waals surface area contributed by atoms with Crippen LogP contribution in [-0.2, 0) is 0 Å². The molecule has 0 N–H and O–H groups in total. The summed E-state index contributed by atoms with van der Waals surface area (Å²) in [5.74, 6) is 1.21. The van der Waals surface area contributed by atoms with Crippen LogP contribution in [0.15, 0.2) is 115 Å². The van der Waals surface area contributed by atoms with Crippen LogP contribution in [-0.4, -0.2) is 14.2 Å². The molecule has 2 heteroatoms. The Morgan fingerprint density at radius 1 is 0.667 bits per heavy atom. The highest BCUT2D eigenvalue weighted by Crippen LogP contribution is 2.46. The third kappa shape index (κ3) is 3.52. The summed E-state index contributed by atoms with van der Waals surface area (Å²) in [4.78, 5) is 0. The van der Waals surface area contributed by atoms with Gasteiger partial charge in [-0.25, -0.2) is 0 Å². The SMILES string of the molecule is C[Si](C)(C)c1ccc(-c2ccc3c(c2)C2C=C(c4ccc5ccc6cccc7ccc4c5c67)C=CC2O3)cc1. The van der Waals surface area contributed by atoms with Crippen molar-refractivity contribution in [1.82, 2.24) is 0 Å². The molecule has 0 saturated carbocycles. The van der Waals surface area contributed by atoms with Gasteiger partial charge in [0.1, 0.15) is 11.9 Å². The normalized spacial score (nSPS) is 18.4. The molecule has 0 amide bonds. The quantitative estimate of drug-likeness (QED) is 0.168. The van der Waals surface area contributed by atoms with Crippen molar-refractivity contribution < 1.29 is 4.74 Å². The Morgan fingerprint density at radius 2 is 1.36 bits per heavy atom. The number of benzene rings is 6. The number of hydrogen-bond acceptors (Lipinski definition) is 1. The van der Waals surface area contributed by atoms with E-state index in [0.717, 1.165) is 5.75 Å². The average Bonchev–Trinajstić information content (AvgIpc) is 3.32. The molecule has 0 radical (unpaired) electrons. The van der Waals surface area contributed by atoms with Crippen molar-refractivity contribution >= 4 is 51.2 Å². The van der Waals surface area contributed by atoms with E-state index in [1.165, 1.54) is 65.3 Å². The Bertz CT molecular complexity index is 1950. The van der Waals surface area contributed by atoms with E-state index < -0.39 is 8.07 Å². The Balaban J connectivity index is 1.22. The Morgan fingerprint density at radius 3 is 2.13 bits per heavy atom. The molecule has 1 nitrogen and oxygen atoms in total. The van der Waals surface area contributed by atoms with Crippen molar-refractivity contribution in [3.8, 4) is 16.9 Å². The fraction of sp³-hybridized carbons (Fsp3) is 0.135. The lowest BCUT2D eigenvalue weighted by atomic mass is 9.83. The van der Waals surface area contributed by atoms with E-state index in [0.29, 0.717) is 0 Å². The van der Waals surface area contributed by atoms with Crippen molar-refractivity contribution in [3.05, 3.63) is 126 Å². The van der Waals surface area contributed by atoms with Gasteiger partial charge in [0, 0.05) is 11.5 Å². The van der Waals surface area contributed by atoms with Crippen LogP contribution in [0.4, 0.5) is 0 Å². The van der Waals surface area contributed by atoms with E-state index in [4.69, 9.17) is 4.74 Å². The number of allylic oxidation sites excluding steroid dienone is 2. The summed E-state index contributed by atoms with van der Waals surface area (Å²) in [6, 6.07) is 36.2. The first kappa shape index (κ1) is 22.8. The molecule has 6 aromatic carbocycles. The van der Waals surface area contributed by atoms with Gasteiger partial charge in [-0.3, -0.25) is 0 Å². The fourth-order valence-corrected chi connectivity index (χ4v) is 7.78. The minimum absolute atomic E-state index is 0.0491. The smallest absolute Gasteiger partial charge is 0.128 e. The van der Waals surface area contributed by atoms with Gasteiger partial charge in [-0.2, -0.15) is 0 Å². The first-order chi connectivity index (χ1) is 18.9. The molecule has 1 aliphatic carbocycles. The number of fused-ring (bicyclic) bond motifs is 3. The monoisotopic (exact) mass is 518 g/mol. The Hall–Kier alpha value is -4.14. The van der Waals surface area contributed by atoms with Crippen LogP contribution < -0.4 is 9.92 Å². The minimum atomic E-state index is -1.31. The number of rotatable bonds is 3. The highest BCUT2D eigenvalue weighted by molar-refractivity contribution is 6.88. The highest BCUT2D eigenvalue weighted by atomic mass is 28.3. The molecule has 6 aromatic rings. The maximum absolute atomic E-state index is 6.40. The topological polar surface area (TPSA) is 9.23 Å². The Labute approximate surface area is 230 Å². The molecule has 39 heavy (non-hydrogen) atoms. The molecule has 2 aliphatic rings. The summed E-state index contributed by atoms with van der Waals surface area (Å²) >= 11 is 0. The summed E-state index contributed by atoms with van der Waals surface area (Å²) in [6.07, 6.45) is 6.99. The van der Waals surface area contributed by atoms with Gasteiger partial charge in [-0.1, -0.05) is 122 Å². The predicted octanol–water partition coefficient (Wildman–Crippen LogP) is 9.29. The lowest BCUT2D eigenvalue weighted by molar-refractivity contribution is 0.269. The second-order valence-electron chi connectivity index (χ2n) is 12.1. The summed E-state index contributed by atoms with van der Waals surface area (Å²) < 4.78 is 6.40. The molecular formula is C37H30OSi. The molecular weight excluding hydrogens is 488 g/mol. The molecule has 0 aromatic heterocycles. The van der Waals surface area contributed by atoms with Crippen LogP contribution in [0, 0.1) is 0 Å². The average molecular weight is 519 g/mol. The summed E-state index contributed by atoms with van der Waals surface area (Å²) in [5.41, 5.74) is 6.38. The molecule has 2 atom stereocenters. The first-order valence-corrected chi connectivity index (χ1v) is 17.4. The zero-order valence-corrected chi connectivity index (χ0v) is 23.5. The number of ether oxygens (including phenoxy) is 1. The van der Waals surface area contributed by atoms with Crippen LogP contribution in [0.2, 0.25) is 19.6 Å². The van der Waals surface area contributed by atoms with Crippen LogP contribution in [0.1, 0.15) is 17.0 Å². The van der Waals surface area contributed by atoms with E-state index in [9.17, 15) is 0 Å². The van der Waals surface area contributed by atoms with Gasteiger partial charge < -0.3 is 4.74 Å². The molecule has 188 valence electrons. The Kier molecular flexibility index (Phi) is 4.78. The molecule has 0 spiro atoms. The van der Waals surface area contributed by atoms with Gasteiger partial charge in [-0.05, 0) is 72.8 Å². The van der Waals surface area contributed by atoms with Crippen LogP contribution in [0.3, 0.4) is 0 Å². The van der Waals surface area contributed by atoms with Gasteiger partial charge >= 0.3 is 0 Å². The van der Waals surface area contributed by atoms with Gasteiger partial charge in [0.2, 0.25) is 0 Å². The first-order valence-electron chi connectivity index (χ1n) is 13.9. The molecule has 2 unspecified atom stereocenters. The second-order valence-corrected chi connectivity index (χ2v) is 17.2. The lowest BCUT2D eigenvalue weighted by Crippen LogP contribution is -2.37. The van der Waals surface area contributed by atoms with E-state index in [2.05, 4.69) is 135 Å². The molecule has 0 bridgehead atoms. The summed E-state index contributed by atoms with van der Waals surface area (Å²) in [5, 5.41) is 9.46. The third-order valence-electron chi connectivity index (χ3n) is 8.73. The summed E-state index contributed by atoms with van der Waals surface area (Å²) in [7, 11) is -1.31. The minimum Gasteiger partial charge on any atom is -0.485 e. The van der Waals surface area contributed by atoms with E-state index >= 15 is 0 Å². The van der Waals surface area contributed by atoms with Crippen LogP contribution in [0.25, 0.3) is 49.0 Å².